The van der Waals surface area contributed by atoms with Crippen molar-refractivity contribution in [2.75, 3.05) is 18.0 Å². The quantitative estimate of drug-likeness (QED) is 0.407. The first-order chi connectivity index (χ1) is 15.7. The van der Waals surface area contributed by atoms with E-state index in [1.165, 1.54) is 22.3 Å². The number of amides is 1. The summed E-state index contributed by atoms with van der Waals surface area (Å²) in [7, 11) is 0. The maximum atomic E-state index is 13.4. The molecule has 1 fully saturated rings. The topological polar surface area (TPSA) is 35.9 Å². The van der Waals surface area contributed by atoms with Crippen LogP contribution in [0.15, 0.2) is 98.7 Å². The summed E-state index contributed by atoms with van der Waals surface area (Å²) in [5.74, 6) is 0.0298. The molecule has 4 nitrogen and oxygen atoms in total. The second kappa shape index (κ2) is 8.88. The van der Waals surface area contributed by atoms with E-state index in [1.54, 1.807) is 16.7 Å². The molecule has 0 spiro atoms. The zero-order valence-corrected chi connectivity index (χ0v) is 19.6. The molecular formula is C26H23N3OS2. The third kappa shape index (κ3) is 3.63. The van der Waals surface area contributed by atoms with E-state index >= 15 is 0 Å². The van der Waals surface area contributed by atoms with Gasteiger partial charge in [-0.05, 0) is 49.4 Å². The van der Waals surface area contributed by atoms with Gasteiger partial charge in [0.25, 0.3) is 5.91 Å². The Hall–Kier alpha value is -2.96. The van der Waals surface area contributed by atoms with Crippen molar-refractivity contribution in [2.24, 2.45) is 4.99 Å². The van der Waals surface area contributed by atoms with Crippen molar-refractivity contribution >= 4 is 46.0 Å². The van der Waals surface area contributed by atoms with Crippen LogP contribution >= 0.6 is 23.5 Å². The molecule has 0 N–H and O–H groups in total. The molecule has 3 aromatic carbocycles. The molecule has 2 aliphatic heterocycles. The van der Waals surface area contributed by atoms with Gasteiger partial charge in [0, 0.05) is 23.5 Å². The van der Waals surface area contributed by atoms with Crippen LogP contribution in [0.25, 0.3) is 11.1 Å². The third-order valence-electron chi connectivity index (χ3n) is 5.50. The van der Waals surface area contributed by atoms with Gasteiger partial charge in [-0.1, -0.05) is 72.4 Å². The lowest BCUT2D eigenvalue weighted by atomic mass is 10.0. The number of carbonyl (C=O) groups excluding carboxylic acids is 1. The number of carbonyl (C=O) groups is 1. The van der Waals surface area contributed by atoms with Gasteiger partial charge in [-0.15, -0.1) is 0 Å². The Kier molecular flexibility index (Phi) is 5.81. The third-order valence-corrected chi connectivity index (χ3v) is 7.88. The first kappa shape index (κ1) is 20.9. The van der Waals surface area contributed by atoms with Crippen molar-refractivity contribution in [1.29, 1.82) is 0 Å². The molecule has 0 aliphatic carbocycles. The molecule has 0 radical (unpaired) electrons. The van der Waals surface area contributed by atoms with Gasteiger partial charge in [-0.3, -0.25) is 9.69 Å². The normalized spacial score (nSPS) is 19.2. The van der Waals surface area contributed by atoms with Crippen LogP contribution < -0.4 is 4.90 Å². The molecule has 2 aliphatic rings. The van der Waals surface area contributed by atoms with Crippen LogP contribution in [0.2, 0.25) is 0 Å². The largest absolute Gasteiger partial charge is 0.334 e. The van der Waals surface area contributed by atoms with Gasteiger partial charge in [-0.25, -0.2) is 4.99 Å². The van der Waals surface area contributed by atoms with E-state index in [0.29, 0.717) is 6.54 Å². The predicted octanol–water partition coefficient (Wildman–Crippen LogP) is 6.74. The molecular weight excluding hydrogens is 434 g/mol. The number of amidine groups is 1. The van der Waals surface area contributed by atoms with Crippen molar-refractivity contribution in [1.82, 2.24) is 4.90 Å². The molecule has 0 bridgehead atoms. The summed E-state index contributed by atoms with van der Waals surface area (Å²) in [6, 6.07) is 26.7. The summed E-state index contributed by atoms with van der Waals surface area (Å²) in [6.07, 6.45) is 0. The van der Waals surface area contributed by atoms with Gasteiger partial charge in [0.2, 0.25) is 0 Å². The first-order valence-electron chi connectivity index (χ1n) is 10.7. The molecule has 160 valence electrons. The Bertz CT molecular complexity index is 1240. The monoisotopic (exact) mass is 457 g/mol. The molecule has 0 saturated carbocycles. The zero-order valence-electron chi connectivity index (χ0n) is 18.0. The highest BCUT2D eigenvalue weighted by Crippen LogP contribution is 2.50. The van der Waals surface area contributed by atoms with Crippen molar-refractivity contribution in [3.05, 3.63) is 88.8 Å². The van der Waals surface area contributed by atoms with Crippen LogP contribution in [-0.4, -0.2) is 29.1 Å². The number of anilines is 1. The van der Waals surface area contributed by atoms with Crippen LogP contribution in [0.3, 0.4) is 0 Å². The average Bonchev–Trinajstić information content (AvgIpc) is 3.36. The number of aliphatic imine (C=N–C) groups is 1. The highest BCUT2D eigenvalue weighted by atomic mass is 32.2. The van der Waals surface area contributed by atoms with Crippen molar-refractivity contribution in [2.45, 2.75) is 18.7 Å². The highest BCUT2D eigenvalue weighted by Gasteiger charge is 2.39. The van der Waals surface area contributed by atoms with Crippen LogP contribution in [0.1, 0.15) is 13.8 Å². The molecule has 2 heterocycles. The van der Waals surface area contributed by atoms with Crippen LogP contribution in [0.4, 0.5) is 11.4 Å². The number of hydrogen-bond donors (Lipinski definition) is 0. The van der Waals surface area contributed by atoms with E-state index in [1.807, 2.05) is 55.5 Å². The Morgan fingerprint density at radius 1 is 0.781 bits per heavy atom. The summed E-state index contributed by atoms with van der Waals surface area (Å²) in [5, 5.41) is 1.74. The Morgan fingerprint density at radius 2 is 1.47 bits per heavy atom. The lowest BCUT2D eigenvalue weighted by Gasteiger charge is -2.19. The second-order valence-corrected chi connectivity index (χ2v) is 9.39. The highest BCUT2D eigenvalue weighted by molar-refractivity contribution is 8.19. The summed E-state index contributed by atoms with van der Waals surface area (Å²) >= 11 is 3.15. The maximum absolute atomic E-state index is 13.4. The van der Waals surface area contributed by atoms with E-state index in [0.717, 1.165) is 38.5 Å². The summed E-state index contributed by atoms with van der Waals surface area (Å²) in [5.41, 5.74) is 4.21. The van der Waals surface area contributed by atoms with Crippen molar-refractivity contribution in [3.63, 3.8) is 0 Å². The number of fused-ring (bicyclic) bond motifs is 1. The number of benzene rings is 3. The Morgan fingerprint density at radius 3 is 2.25 bits per heavy atom. The SMILES string of the molecule is CCN1C(=O)/C(=C2/Sc3ccccc3N2CC)SC1=Nc1ccccc1-c1ccccc1. The van der Waals surface area contributed by atoms with E-state index in [-0.39, 0.29) is 5.91 Å². The lowest BCUT2D eigenvalue weighted by Crippen LogP contribution is -2.29. The van der Waals surface area contributed by atoms with Crippen LogP contribution in [0, 0.1) is 0 Å². The summed E-state index contributed by atoms with van der Waals surface area (Å²) in [4.78, 5) is 24.4. The Labute approximate surface area is 197 Å². The van der Waals surface area contributed by atoms with Crippen LogP contribution in [0.5, 0.6) is 0 Å². The molecule has 1 amide bonds. The minimum Gasteiger partial charge on any atom is -0.334 e. The average molecular weight is 458 g/mol. The fourth-order valence-corrected chi connectivity index (χ4v) is 6.40. The molecule has 5 rings (SSSR count). The minimum absolute atomic E-state index is 0.0298. The molecule has 0 aromatic heterocycles. The molecule has 1 saturated heterocycles. The van der Waals surface area contributed by atoms with E-state index in [2.05, 4.69) is 42.2 Å². The number of rotatable bonds is 4. The zero-order chi connectivity index (χ0) is 22.1. The van der Waals surface area contributed by atoms with Gasteiger partial charge in [0.1, 0.15) is 9.93 Å². The molecule has 32 heavy (non-hydrogen) atoms. The van der Waals surface area contributed by atoms with E-state index in [9.17, 15) is 4.79 Å². The fourth-order valence-electron chi connectivity index (χ4n) is 3.95. The number of nitrogens with zero attached hydrogens (tertiary/aromatic N) is 3. The molecule has 0 unspecified atom stereocenters. The standard InChI is InChI=1S/C26H23N3OS2/c1-3-28-21-16-10-11-17-22(21)31-25(28)23-24(30)29(4-2)26(32-23)27-20-15-9-8-14-19(20)18-12-6-5-7-13-18/h5-17H,3-4H2,1-2H3/b25-23-,27-26?. The summed E-state index contributed by atoms with van der Waals surface area (Å²) < 4.78 is 0. The summed E-state index contributed by atoms with van der Waals surface area (Å²) in [6.45, 7) is 5.51. The lowest BCUT2D eigenvalue weighted by molar-refractivity contribution is -0.122. The number of thioether (sulfide) groups is 2. The van der Waals surface area contributed by atoms with Crippen molar-refractivity contribution < 1.29 is 4.79 Å². The van der Waals surface area contributed by atoms with Gasteiger partial charge in [0.15, 0.2) is 5.17 Å². The minimum atomic E-state index is 0.0298. The van der Waals surface area contributed by atoms with Crippen molar-refractivity contribution in [3.8, 4) is 11.1 Å². The van der Waals surface area contributed by atoms with Gasteiger partial charge in [-0.2, -0.15) is 0 Å². The maximum Gasteiger partial charge on any atom is 0.269 e. The number of para-hydroxylation sites is 2. The molecule has 0 atom stereocenters. The van der Waals surface area contributed by atoms with E-state index in [4.69, 9.17) is 4.99 Å². The van der Waals surface area contributed by atoms with Gasteiger partial charge in [0.05, 0.1) is 11.4 Å². The Balaban J connectivity index is 1.57. The number of likely N-dealkylation sites (N-methyl/N-ethyl adjacent to an activating group) is 1. The van der Waals surface area contributed by atoms with E-state index < -0.39 is 0 Å². The van der Waals surface area contributed by atoms with Gasteiger partial charge < -0.3 is 4.90 Å². The van der Waals surface area contributed by atoms with Gasteiger partial charge >= 0.3 is 0 Å². The molecule has 3 aromatic rings. The molecule has 6 heteroatoms. The number of hydrogen-bond acceptors (Lipinski definition) is 5. The predicted molar refractivity (Wildman–Crippen MR) is 136 cm³/mol. The second-order valence-electron chi connectivity index (χ2n) is 7.38. The van der Waals surface area contributed by atoms with Crippen LogP contribution in [-0.2, 0) is 4.79 Å². The smallest absolute Gasteiger partial charge is 0.269 e. The first-order valence-corrected chi connectivity index (χ1v) is 12.4. The fraction of sp³-hybridized carbons (Fsp3) is 0.154.